The summed E-state index contributed by atoms with van der Waals surface area (Å²) in [5.41, 5.74) is 8.30. The van der Waals surface area contributed by atoms with Crippen LogP contribution >= 0.6 is 22.6 Å². The molecule has 0 aliphatic heterocycles. The summed E-state index contributed by atoms with van der Waals surface area (Å²) in [4.78, 5) is 0. The smallest absolute Gasteiger partial charge is 0.0452 e. The van der Waals surface area contributed by atoms with E-state index in [0.29, 0.717) is 0 Å². The van der Waals surface area contributed by atoms with Crippen molar-refractivity contribution >= 4 is 22.6 Å². The number of halogens is 1. The van der Waals surface area contributed by atoms with E-state index in [1.54, 1.807) is 0 Å². The van der Waals surface area contributed by atoms with E-state index in [1.807, 2.05) is 6.92 Å². The molecule has 1 aromatic carbocycles. The zero-order valence-electron chi connectivity index (χ0n) is 9.23. The maximum atomic E-state index is 5.84. The molecule has 1 atom stereocenters. The van der Waals surface area contributed by atoms with Crippen LogP contribution in [0.5, 0.6) is 0 Å². The molecule has 2 aromatic rings. The standard InChI is InChI=1S/C13H15IN2/c1-10(15)9-13-3-2-8-16(13)12-6-4-11(14)5-7-12/h2-8,10H,9,15H2,1H3. The lowest BCUT2D eigenvalue weighted by Gasteiger charge is -2.11. The zero-order chi connectivity index (χ0) is 11.5. The maximum absolute atomic E-state index is 5.84. The minimum atomic E-state index is 0.192. The average Bonchev–Trinajstić information content (AvgIpc) is 2.66. The summed E-state index contributed by atoms with van der Waals surface area (Å²) >= 11 is 2.31. The minimum Gasteiger partial charge on any atom is -0.328 e. The van der Waals surface area contributed by atoms with Gasteiger partial charge in [-0.2, -0.15) is 0 Å². The Bertz CT molecular complexity index is 457. The molecule has 2 nitrogen and oxygen atoms in total. The molecule has 16 heavy (non-hydrogen) atoms. The van der Waals surface area contributed by atoms with Gasteiger partial charge in [0.15, 0.2) is 0 Å². The number of nitrogens with zero attached hydrogens (tertiary/aromatic N) is 1. The van der Waals surface area contributed by atoms with E-state index >= 15 is 0 Å². The number of aromatic nitrogens is 1. The van der Waals surface area contributed by atoms with Gasteiger partial charge in [0, 0.05) is 33.6 Å². The lowest BCUT2D eigenvalue weighted by molar-refractivity contribution is 0.709. The van der Waals surface area contributed by atoms with Crippen molar-refractivity contribution in [2.45, 2.75) is 19.4 Å². The second-order valence-electron chi connectivity index (χ2n) is 4.03. The van der Waals surface area contributed by atoms with Crippen LogP contribution in [0.1, 0.15) is 12.6 Å². The van der Waals surface area contributed by atoms with Gasteiger partial charge in [0.2, 0.25) is 0 Å². The van der Waals surface area contributed by atoms with Gasteiger partial charge in [-0.15, -0.1) is 0 Å². The molecule has 1 aromatic heterocycles. The van der Waals surface area contributed by atoms with Gasteiger partial charge < -0.3 is 10.3 Å². The van der Waals surface area contributed by atoms with Crippen LogP contribution in [0.2, 0.25) is 0 Å². The van der Waals surface area contributed by atoms with Crippen LogP contribution in [0, 0.1) is 3.57 Å². The maximum Gasteiger partial charge on any atom is 0.0452 e. The molecular formula is C13H15IN2. The average molecular weight is 326 g/mol. The van der Waals surface area contributed by atoms with Gasteiger partial charge in [-0.25, -0.2) is 0 Å². The van der Waals surface area contributed by atoms with Crippen LogP contribution in [0.25, 0.3) is 5.69 Å². The predicted octanol–water partition coefficient (Wildman–Crippen LogP) is 2.97. The Hall–Kier alpha value is -0.810. The SMILES string of the molecule is CC(N)Cc1cccn1-c1ccc(I)cc1. The summed E-state index contributed by atoms with van der Waals surface area (Å²) in [6.45, 7) is 2.03. The van der Waals surface area contributed by atoms with Gasteiger partial charge in [0.05, 0.1) is 0 Å². The van der Waals surface area contributed by atoms with Crippen LogP contribution < -0.4 is 5.73 Å². The van der Waals surface area contributed by atoms with Crippen molar-refractivity contribution in [3.05, 3.63) is 51.9 Å². The summed E-state index contributed by atoms with van der Waals surface area (Å²) in [7, 11) is 0. The van der Waals surface area contributed by atoms with Gasteiger partial charge in [0.25, 0.3) is 0 Å². The molecule has 1 heterocycles. The molecule has 0 saturated heterocycles. The Labute approximate surface area is 110 Å². The Morgan fingerprint density at radius 3 is 2.56 bits per heavy atom. The number of benzene rings is 1. The van der Waals surface area contributed by atoms with Crippen molar-refractivity contribution in [1.29, 1.82) is 0 Å². The van der Waals surface area contributed by atoms with E-state index in [-0.39, 0.29) is 6.04 Å². The summed E-state index contributed by atoms with van der Waals surface area (Å²) in [6, 6.07) is 12.9. The zero-order valence-corrected chi connectivity index (χ0v) is 11.4. The van der Waals surface area contributed by atoms with Crippen molar-refractivity contribution in [3.63, 3.8) is 0 Å². The monoisotopic (exact) mass is 326 g/mol. The molecule has 0 fully saturated rings. The lowest BCUT2D eigenvalue weighted by atomic mass is 10.2. The first-order chi connectivity index (χ1) is 7.66. The Morgan fingerprint density at radius 2 is 1.94 bits per heavy atom. The van der Waals surface area contributed by atoms with Gasteiger partial charge in [-0.05, 0) is 65.9 Å². The number of hydrogen-bond donors (Lipinski definition) is 1. The highest BCUT2D eigenvalue weighted by Crippen LogP contribution is 2.15. The van der Waals surface area contributed by atoms with Crippen molar-refractivity contribution in [2.75, 3.05) is 0 Å². The first kappa shape index (κ1) is 11.7. The topological polar surface area (TPSA) is 30.9 Å². The third kappa shape index (κ3) is 2.65. The van der Waals surface area contributed by atoms with Crippen molar-refractivity contribution in [1.82, 2.24) is 4.57 Å². The van der Waals surface area contributed by atoms with E-state index in [9.17, 15) is 0 Å². The van der Waals surface area contributed by atoms with Gasteiger partial charge in [-0.1, -0.05) is 0 Å². The number of nitrogens with two attached hydrogens (primary N) is 1. The van der Waals surface area contributed by atoms with E-state index in [2.05, 4.69) is 69.8 Å². The normalized spacial score (nSPS) is 12.7. The molecule has 0 bridgehead atoms. The number of rotatable bonds is 3. The molecular weight excluding hydrogens is 311 g/mol. The summed E-state index contributed by atoms with van der Waals surface area (Å²) < 4.78 is 3.45. The van der Waals surface area contributed by atoms with Crippen molar-refractivity contribution < 1.29 is 0 Å². The van der Waals surface area contributed by atoms with Crippen LogP contribution in [-0.2, 0) is 6.42 Å². The highest BCUT2D eigenvalue weighted by atomic mass is 127. The van der Waals surface area contributed by atoms with E-state index in [1.165, 1.54) is 15.0 Å². The molecule has 2 N–H and O–H groups in total. The lowest BCUT2D eigenvalue weighted by Crippen LogP contribution is -2.19. The molecule has 0 saturated carbocycles. The summed E-state index contributed by atoms with van der Waals surface area (Å²) in [6.07, 6.45) is 2.99. The molecule has 0 aliphatic carbocycles. The molecule has 3 heteroatoms. The molecule has 1 unspecified atom stereocenters. The fourth-order valence-corrected chi connectivity index (χ4v) is 2.13. The molecule has 2 rings (SSSR count). The van der Waals surface area contributed by atoms with Gasteiger partial charge in [0.1, 0.15) is 0 Å². The Kier molecular flexibility index (Phi) is 3.66. The van der Waals surface area contributed by atoms with E-state index in [4.69, 9.17) is 5.73 Å². The third-order valence-electron chi connectivity index (χ3n) is 2.47. The number of hydrogen-bond acceptors (Lipinski definition) is 1. The Balaban J connectivity index is 2.33. The first-order valence-corrected chi connectivity index (χ1v) is 6.42. The highest BCUT2D eigenvalue weighted by Gasteiger charge is 2.05. The molecule has 0 amide bonds. The molecule has 0 spiro atoms. The summed E-state index contributed by atoms with van der Waals surface area (Å²) in [5.74, 6) is 0. The van der Waals surface area contributed by atoms with Gasteiger partial charge in [-0.3, -0.25) is 0 Å². The summed E-state index contributed by atoms with van der Waals surface area (Å²) in [5, 5.41) is 0. The van der Waals surface area contributed by atoms with Crippen LogP contribution in [-0.4, -0.2) is 10.6 Å². The van der Waals surface area contributed by atoms with E-state index < -0.39 is 0 Å². The van der Waals surface area contributed by atoms with Crippen LogP contribution in [0.4, 0.5) is 0 Å². The van der Waals surface area contributed by atoms with Crippen molar-refractivity contribution in [2.24, 2.45) is 5.73 Å². The van der Waals surface area contributed by atoms with Crippen LogP contribution in [0.15, 0.2) is 42.6 Å². The first-order valence-electron chi connectivity index (χ1n) is 5.34. The molecule has 0 aliphatic rings. The van der Waals surface area contributed by atoms with Gasteiger partial charge >= 0.3 is 0 Å². The highest BCUT2D eigenvalue weighted by molar-refractivity contribution is 14.1. The fraction of sp³-hybridized carbons (Fsp3) is 0.231. The fourth-order valence-electron chi connectivity index (χ4n) is 1.77. The Morgan fingerprint density at radius 1 is 1.25 bits per heavy atom. The van der Waals surface area contributed by atoms with Crippen molar-refractivity contribution in [3.8, 4) is 5.69 Å². The second kappa shape index (κ2) is 5.01. The minimum absolute atomic E-state index is 0.192. The third-order valence-corrected chi connectivity index (χ3v) is 3.19. The predicted molar refractivity (Wildman–Crippen MR) is 75.8 cm³/mol. The second-order valence-corrected chi connectivity index (χ2v) is 5.27. The van der Waals surface area contributed by atoms with Crippen LogP contribution in [0.3, 0.4) is 0 Å². The largest absolute Gasteiger partial charge is 0.328 e. The quantitative estimate of drug-likeness (QED) is 0.864. The molecule has 84 valence electrons. The van der Waals surface area contributed by atoms with E-state index in [0.717, 1.165) is 6.42 Å². The molecule has 0 radical (unpaired) electrons.